The van der Waals surface area contributed by atoms with Crippen molar-refractivity contribution in [2.45, 2.75) is 103 Å². The molecule has 0 saturated heterocycles. The highest BCUT2D eigenvalue weighted by molar-refractivity contribution is 4.80. The molecule has 1 aliphatic carbocycles. The zero-order valence-electron chi connectivity index (χ0n) is 15.2. The van der Waals surface area contributed by atoms with Gasteiger partial charge in [-0.1, -0.05) is 45.4 Å². The second-order valence-corrected chi connectivity index (χ2v) is 7.82. The molecule has 0 nitrogen and oxygen atoms in total. The van der Waals surface area contributed by atoms with Gasteiger partial charge in [0.15, 0.2) is 0 Å². The first-order valence-corrected chi connectivity index (χ1v) is 9.72. The van der Waals surface area contributed by atoms with Crippen molar-refractivity contribution in [1.82, 2.24) is 0 Å². The fraction of sp³-hybridized carbons (Fsp3) is 1.00. The van der Waals surface area contributed by atoms with Crippen LogP contribution in [0, 0.1) is 17.8 Å². The molecule has 1 aliphatic rings. The molecule has 2 atom stereocenters. The molecular formula is C19H32F6. The molecular weight excluding hydrogens is 342 g/mol. The van der Waals surface area contributed by atoms with E-state index in [1.54, 1.807) is 0 Å². The normalized spacial score (nSPS) is 25.3. The molecule has 1 fully saturated rings. The molecule has 0 aromatic carbocycles. The Morgan fingerprint density at radius 2 is 0.960 bits per heavy atom. The summed E-state index contributed by atoms with van der Waals surface area (Å²) in [6.07, 6.45) is -1.14. The Kier molecular flexibility index (Phi) is 9.65. The molecule has 0 spiro atoms. The fourth-order valence-electron chi connectivity index (χ4n) is 4.28. The van der Waals surface area contributed by atoms with E-state index in [0.717, 1.165) is 44.9 Å². The van der Waals surface area contributed by atoms with Gasteiger partial charge in [0.25, 0.3) is 0 Å². The summed E-state index contributed by atoms with van der Waals surface area (Å²) in [6.45, 7) is 2.13. The van der Waals surface area contributed by atoms with Gasteiger partial charge in [-0.05, 0) is 49.9 Å². The summed E-state index contributed by atoms with van der Waals surface area (Å²) < 4.78 is 74.0. The minimum Gasteiger partial charge on any atom is -0.171 e. The maximum Gasteiger partial charge on any atom is 0.389 e. The van der Waals surface area contributed by atoms with Crippen LogP contribution in [0.3, 0.4) is 0 Å². The monoisotopic (exact) mass is 374 g/mol. The minimum atomic E-state index is -4.11. The van der Waals surface area contributed by atoms with Gasteiger partial charge in [-0.3, -0.25) is 0 Å². The Morgan fingerprint density at radius 3 is 1.28 bits per heavy atom. The van der Waals surface area contributed by atoms with E-state index in [4.69, 9.17) is 0 Å². The maximum absolute atomic E-state index is 12.3. The number of halogens is 6. The van der Waals surface area contributed by atoms with E-state index in [-0.39, 0.29) is 24.7 Å². The van der Waals surface area contributed by atoms with E-state index in [0.29, 0.717) is 18.8 Å². The summed E-state index contributed by atoms with van der Waals surface area (Å²) in [7, 11) is 0. The fourth-order valence-corrected chi connectivity index (χ4v) is 4.28. The Labute approximate surface area is 147 Å². The second-order valence-electron chi connectivity index (χ2n) is 7.82. The number of hydrogen-bond acceptors (Lipinski definition) is 0. The first kappa shape index (κ1) is 22.6. The number of rotatable bonds is 10. The molecule has 0 aromatic rings. The van der Waals surface area contributed by atoms with Crippen LogP contribution in [-0.4, -0.2) is 12.4 Å². The van der Waals surface area contributed by atoms with Crippen LogP contribution in [-0.2, 0) is 0 Å². The average Bonchev–Trinajstić information content (AvgIpc) is 2.45. The molecule has 0 heterocycles. The minimum absolute atomic E-state index is 0.144. The SMILES string of the molecule is CCCCCC1CC(CCCC(F)(F)F)CC(CCCC(F)(F)F)C1. The molecule has 6 heteroatoms. The quantitative estimate of drug-likeness (QED) is 0.268. The van der Waals surface area contributed by atoms with E-state index in [9.17, 15) is 26.3 Å². The van der Waals surface area contributed by atoms with Crippen molar-refractivity contribution in [3.05, 3.63) is 0 Å². The van der Waals surface area contributed by atoms with Crippen LogP contribution < -0.4 is 0 Å². The van der Waals surface area contributed by atoms with Crippen LogP contribution in [0.1, 0.15) is 90.4 Å². The first-order valence-electron chi connectivity index (χ1n) is 9.72. The smallest absolute Gasteiger partial charge is 0.171 e. The summed E-state index contributed by atoms with van der Waals surface area (Å²) in [5, 5.41) is 0. The highest BCUT2D eigenvalue weighted by Gasteiger charge is 2.32. The lowest BCUT2D eigenvalue weighted by molar-refractivity contribution is -0.136. The van der Waals surface area contributed by atoms with Crippen molar-refractivity contribution >= 4 is 0 Å². The van der Waals surface area contributed by atoms with Gasteiger partial charge in [-0.25, -0.2) is 0 Å². The van der Waals surface area contributed by atoms with Crippen LogP contribution >= 0.6 is 0 Å². The molecule has 0 N–H and O–H groups in total. The summed E-state index contributed by atoms with van der Waals surface area (Å²) in [4.78, 5) is 0. The molecule has 0 bridgehead atoms. The van der Waals surface area contributed by atoms with Gasteiger partial charge in [0.1, 0.15) is 0 Å². The van der Waals surface area contributed by atoms with Crippen LogP contribution in [0.25, 0.3) is 0 Å². The highest BCUT2D eigenvalue weighted by atomic mass is 19.4. The highest BCUT2D eigenvalue weighted by Crippen LogP contribution is 2.41. The molecule has 0 amide bonds. The Morgan fingerprint density at radius 1 is 0.600 bits per heavy atom. The largest absolute Gasteiger partial charge is 0.389 e. The van der Waals surface area contributed by atoms with E-state index in [2.05, 4.69) is 6.92 Å². The zero-order valence-corrected chi connectivity index (χ0v) is 15.2. The lowest BCUT2D eigenvalue weighted by Crippen LogP contribution is -2.24. The standard InChI is InChI=1S/C19H32F6/c1-2-3-4-7-15-12-16(8-5-10-18(20,21)22)14-17(13-15)9-6-11-19(23,24)25/h15-17H,2-14H2,1H3. The molecule has 1 rings (SSSR count). The van der Waals surface area contributed by atoms with Crippen molar-refractivity contribution in [2.75, 3.05) is 0 Å². The van der Waals surface area contributed by atoms with Crippen molar-refractivity contribution in [2.24, 2.45) is 17.8 Å². The first-order chi connectivity index (χ1) is 11.6. The predicted molar refractivity (Wildman–Crippen MR) is 88.3 cm³/mol. The van der Waals surface area contributed by atoms with E-state index in [1.165, 1.54) is 0 Å². The van der Waals surface area contributed by atoms with Gasteiger partial charge in [0.2, 0.25) is 0 Å². The molecule has 150 valence electrons. The van der Waals surface area contributed by atoms with Crippen LogP contribution in [0.15, 0.2) is 0 Å². The molecule has 1 saturated carbocycles. The van der Waals surface area contributed by atoms with Gasteiger partial charge in [-0.15, -0.1) is 0 Å². The van der Waals surface area contributed by atoms with Crippen LogP contribution in [0.5, 0.6) is 0 Å². The molecule has 2 unspecified atom stereocenters. The summed E-state index contributed by atoms with van der Waals surface area (Å²) >= 11 is 0. The molecule has 25 heavy (non-hydrogen) atoms. The second kappa shape index (κ2) is 10.7. The maximum atomic E-state index is 12.3. The number of unbranched alkanes of at least 4 members (excludes halogenated alkanes) is 2. The number of alkyl halides is 6. The van der Waals surface area contributed by atoms with Gasteiger partial charge in [0, 0.05) is 12.8 Å². The van der Waals surface area contributed by atoms with Gasteiger partial charge in [0.05, 0.1) is 0 Å². The van der Waals surface area contributed by atoms with Crippen LogP contribution in [0.4, 0.5) is 26.3 Å². The molecule has 0 aliphatic heterocycles. The van der Waals surface area contributed by atoms with Crippen molar-refractivity contribution in [1.29, 1.82) is 0 Å². The lowest BCUT2D eigenvalue weighted by atomic mass is 9.70. The predicted octanol–water partition coefficient (Wildman–Crippen LogP) is 8.06. The summed E-state index contributed by atoms with van der Waals surface area (Å²) in [5.41, 5.74) is 0. The van der Waals surface area contributed by atoms with Crippen molar-refractivity contribution in [3.63, 3.8) is 0 Å². The molecule has 0 radical (unpaired) electrons. The van der Waals surface area contributed by atoms with Crippen molar-refractivity contribution in [3.8, 4) is 0 Å². The van der Waals surface area contributed by atoms with E-state index in [1.807, 2.05) is 0 Å². The third kappa shape index (κ3) is 11.7. The Hall–Kier alpha value is -0.420. The third-order valence-electron chi connectivity index (χ3n) is 5.36. The van der Waals surface area contributed by atoms with Gasteiger partial charge < -0.3 is 0 Å². The Bertz CT molecular complexity index is 319. The number of hydrogen-bond donors (Lipinski definition) is 0. The average molecular weight is 374 g/mol. The van der Waals surface area contributed by atoms with E-state index >= 15 is 0 Å². The van der Waals surface area contributed by atoms with Gasteiger partial charge >= 0.3 is 12.4 Å². The lowest BCUT2D eigenvalue weighted by Gasteiger charge is -2.35. The summed E-state index contributed by atoms with van der Waals surface area (Å²) in [5.74, 6) is 0.976. The van der Waals surface area contributed by atoms with Crippen LogP contribution in [0.2, 0.25) is 0 Å². The van der Waals surface area contributed by atoms with Gasteiger partial charge in [-0.2, -0.15) is 26.3 Å². The summed E-state index contributed by atoms with van der Waals surface area (Å²) in [6, 6.07) is 0. The zero-order chi connectivity index (χ0) is 18.9. The topological polar surface area (TPSA) is 0 Å². The van der Waals surface area contributed by atoms with Crippen molar-refractivity contribution < 1.29 is 26.3 Å². The Balaban J connectivity index is 2.46. The molecule has 0 aromatic heterocycles. The third-order valence-corrected chi connectivity index (χ3v) is 5.36. The van der Waals surface area contributed by atoms with E-state index < -0.39 is 25.2 Å².